The number of aliphatic hydroxyl groups excluding tert-OH is 2. The first kappa shape index (κ1) is 27.8. The zero-order valence-electron chi connectivity index (χ0n) is 22.0. The van der Waals surface area contributed by atoms with Crippen LogP contribution in [0.15, 0.2) is 71.3 Å². The second-order valence-corrected chi connectivity index (χ2v) is 10.2. The van der Waals surface area contributed by atoms with Crippen molar-refractivity contribution < 1.29 is 29.6 Å². The highest BCUT2D eigenvalue weighted by molar-refractivity contribution is 6.22. The Morgan fingerprint density at radius 2 is 1.87 bits per heavy atom. The number of carbonyl (C=O) groups is 2. The van der Waals surface area contributed by atoms with Crippen molar-refractivity contribution in [3.63, 3.8) is 0 Å². The fourth-order valence-corrected chi connectivity index (χ4v) is 6.02. The molecule has 4 rings (SSSR count). The van der Waals surface area contributed by atoms with Crippen LogP contribution in [0.25, 0.3) is 6.08 Å². The number of aromatic hydroxyl groups is 1. The molecule has 0 saturated carbocycles. The number of phenolic OH excluding ortho intramolecular Hbond substituents is 1. The normalized spacial score (nSPS) is 22.7. The Kier molecular flexibility index (Phi) is 9.15. The van der Waals surface area contributed by atoms with E-state index in [0.29, 0.717) is 30.5 Å². The summed E-state index contributed by atoms with van der Waals surface area (Å²) >= 11 is 0. The molecule has 0 aromatic heterocycles. The van der Waals surface area contributed by atoms with E-state index in [1.165, 1.54) is 4.90 Å². The molecule has 2 aromatic rings. The molecule has 4 atom stereocenters. The third kappa shape index (κ3) is 5.75. The van der Waals surface area contributed by atoms with Gasteiger partial charge in [-0.2, -0.15) is 0 Å². The van der Waals surface area contributed by atoms with Gasteiger partial charge < -0.3 is 20.1 Å². The molecule has 38 heavy (non-hydrogen) atoms. The molecule has 0 bridgehead atoms. The summed E-state index contributed by atoms with van der Waals surface area (Å²) in [6.45, 7) is 1.97. The molecule has 1 aliphatic heterocycles. The van der Waals surface area contributed by atoms with E-state index in [-0.39, 0.29) is 30.8 Å². The summed E-state index contributed by atoms with van der Waals surface area (Å²) in [6.07, 6.45) is 4.27. The van der Waals surface area contributed by atoms with Crippen LogP contribution >= 0.6 is 0 Å². The number of allylic oxidation sites excluding steroid dienone is 1. The first-order valence-corrected chi connectivity index (χ1v) is 13.3. The average molecular weight is 520 g/mol. The van der Waals surface area contributed by atoms with E-state index >= 15 is 0 Å². The van der Waals surface area contributed by atoms with Crippen LogP contribution in [0, 0.1) is 17.8 Å². The molecule has 202 valence electrons. The van der Waals surface area contributed by atoms with Gasteiger partial charge in [-0.25, -0.2) is 0 Å². The minimum Gasteiger partial charge on any atom is -0.508 e. The summed E-state index contributed by atoms with van der Waals surface area (Å²) in [5.74, 6) is -2.39. The summed E-state index contributed by atoms with van der Waals surface area (Å²) in [6, 6.07) is 15.9. The molecule has 3 N–H and O–H groups in total. The fraction of sp³-hybridized carbons (Fsp3) is 0.419. The number of carbonyl (C=O) groups excluding carboxylic acids is 2. The van der Waals surface area contributed by atoms with Crippen molar-refractivity contribution >= 4 is 23.6 Å². The number of rotatable bonds is 11. The van der Waals surface area contributed by atoms with Gasteiger partial charge in [-0.05, 0) is 66.7 Å². The fourth-order valence-electron chi connectivity index (χ4n) is 6.02. The van der Waals surface area contributed by atoms with Crippen molar-refractivity contribution in [1.29, 1.82) is 0 Å². The number of aliphatic hydroxyl groups is 2. The largest absolute Gasteiger partial charge is 0.508 e. The lowest BCUT2D eigenvalue weighted by atomic mass is 9.68. The molecule has 1 fully saturated rings. The minimum atomic E-state index is -0.892. The summed E-state index contributed by atoms with van der Waals surface area (Å²) < 4.78 is 5.44. The van der Waals surface area contributed by atoms with Gasteiger partial charge in [0.25, 0.3) is 0 Å². The highest BCUT2D eigenvalue weighted by atomic mass is 16.5. The maximum atomic E-state index is 13.6. The zero-order valence-corrected chi connectivity index (χ0v) is 22.0. The van der Waals surface area contributed by atoms with Gasteiger partial charge in [-0.3, -0.25) is 14.5 Å². The average Bonchev–Trinajstić information content (AvgIpc) is 3.16. The predicted molar refractivity (Wildman–Crippen MR) is 146 cm³/mol. The quantitative estimate of drug-likeness (QED) is 0.299. The summed E-state index contributed by atoms with van der Waals surface area (Å²) in [7, 11) is 1.56. The van der Waals surface area contributed by atoms with Crippen LogP contribution in [0.5, 0.6) is 5.75 Å². The van der Waals surface area contributed by atoms with Gasteiger partial charge in [-0.15, -0.1) is 0 Å². The van der Waals surface area contributed by atoms with Crippen molar-refractivity contribution in [2.75, 3.05) is 25.2 Å². The standard InChI is InChI=1S/C31H37NO6/c1-3-8-20(15-21-9-7-12-24(34)16-21)13-14-27(35)28-22(19-38-2)17-25-29(26(28)18-33)31(37)32(30(25)36)23-10-5-4-6-11-23/h4-7,9-12,15-16,25-27,29,33-35H,3,8,13-14,17-19H2,1-2H3/b20-15+/t25-,26+,27-,29-/m1/s1. The number of imide groups is 1. The number of anilines is 1. The summed E-state index contributed by atoms with van der Waals surface area (Å²) in [5.41, 5.74) is 3.96. The molecule has 1 heterocycles. The molecule has 7 heteroatoms. The molecular formula is C31H37NO6. The SMILES string of the molecule is CCC/C(=C\c1cccc(O)c1)CC[C@@H](O)C1=C(COC)C[C@H]2C(=O)N(c3ccccc3)C(=O)[C@H]2[C@H]1CO. The Bertz CT molecular complexity index is 1200. The number of benzene rings is 2. The smallest absolute Gasteiger partial charge is 0.238 e. The maximum Gasteiger partial charge on any atom is 0.238 e. The van der Waals surface area contributed by atoms with Gasteiger partial charge in [0.1, 0.15) is 5.75 Å². The highest BCUT2D eigenvalue weighted by Crippen LogP contribution is 2.47. The van der Waals surface area contributed by atoms with Crippen LogP contribution in [-0.4, -0.2) is 53.6 Å². The number of nitrogens with zero attached hydrogens (tertiary/aromatic N) is 1. The highest BCUT2D eigenvalue weighted by Gasteiger charge is 2.55. The number of fused-ring (bicyclic) bond motifs is 1. The van der Waals surface area contributed by atoms with Crippen LogP contribution in [-0.2, 0) is 14.3 Å². The number of para-hydroxylation sites is 1. The lowest BCUT2D eigenvalue weighted by molar-refractivity contribution is -0.123. The molecule has 1 saturated heterocycles. The number of amides is 2. The van der Waals surface area contributed by atoms with E-state index in [0.717, 1.165) is 29.6 Å². The van der Waals surface area contributed by atoms with Gasteiger partial charge in [-0.1, -0.05) is 55.3 Å². The van der Waals surface area contributed by atoms with Crippen LogP contribution in [0.3, 0.4) is 0 Å². The maximum absolute atomic E-state index is 13.6. The van der Waals surface area contributed by atoms with Gasteiger partial charge >= 0.3 is 0 Å². The molecule has 7 nitrogen and oxygen atoms in total. The predicted octanol–water partition coefficient (Wildman–Crippen LogP) is 4.48. The van der Waals surface area contributed by atoms with Crippen LogP contribution in [0.4, 0.5) is 5.69 Å². The summed E-state index contributed by atoms with van der Waals surface area (Å²) in [5, 5.41) is 31.8. The Morgan fingerprint density at radius 1 is 1.11 bits per heavy atom. The van der Waals surface area contributed by atoms with E-state index in [1.54, 1.807) is 49.6 Å². The Labute approximate surface area is 224 Å². The number of phenols is 1. The van der Waals surface area contributed by atoms with Crippen LogP contribution < -0.4 is 4.90 Å². The van der Waals surface area contributed by atoms with Gasteiger partial charge in [0.2, 0.25) is 11.8 Å². The molecule has 2 amide bonds. The van der Waals surface area contributed by atoms with E-state index in [2.05, 4.69) is 6.92 Å². The van der Waals surface area contributed by atoms with Crippen molar-refractivity contribution in [2.24, 2.45) is 17.8 Å². The molecule has 0 radical (unpaired) electrons. The van der Waals surface area contributed by atoms with Gasteiger partial charge in [0.05, 0.1) is 36.8 Å². The second kappa shape index (κ2) is 12.5. The molecule has 0 unspecified atom stereocenters. The third-order valence-corrected chi connectivity index (χ3v) is 7.62. The Balaban J connectivity index is 1.60. The Morgan fingerprint density at radius 3 is 2.53 bits per heavy atom. The number of hydrogen-bond acceptors (Lipinski definition) is 6. The van der Waals surface area contributed by atoms with Crippen molar-refractivity contribution in [3.8, 4) is 5.75 Å². The van der Waals surface area contributed by atoms with Crippen molar-refractivity contribution in [1.82, 2.24) is 0 Å². The van der Waals surface area contributed by atoms with Crippen molar-refractivity contribution in [2.45, 2.75) is 45.1 Å². The molecule has 0 spiro atoms. The minimum absolute atomic E-state index is 0.201. The van der Waals surface area contributed by atoms with Crippen molar-refractivity contribution in [3.05, 3.63) is 76.9 Å². The molecule has 2 aromatic carbocycles. The molecular weight excluding hydrogens is 482 g/mol. The van der Waals surface area contributed by atoms with Gasteiger partial charge in [0.15, 0.2) is 0 Å². The van der Waals surface area contributed by atoms with Crippen LogP contribution in [0.1, 0.15) is 44.6 Å². The van der Waals surface area contributed by atoms with Crippen LogP contribution in [0.2, 0.25) is 0 Å². The monoisotopic (exact) mass is 519 g/mol. The Hall–Kier alpha value is -3.26. The third-order valence-electron chi connectivity index (χ3n) is 7.62. The van der Waals surface area contributed by atoms with Gasteiger partial charge in [0, 0.05) is 13.0 Å². The lowest BCUT2D eigenvalue weighted by Gasteiger charge is -2.36. The van der Waals surface area contributed by atoms with E-state index < -0.39 is 23.9 Å². The molecule has 1 aliphatic carbocycles. The first-order chi connectivity index (χ1) is 18.4. The first-order valence-electron chi connectivity index (χ1n) is 13.3. The van der Waals surface area contributed by atoms with E-state index in [9.17, 15) is 24.9 Å². The zero-order chi connectivity index (χ0) is 27.2. The number of ether oxygens (including phenoxy) is 1. The lowest BCUT2D eigenvalue weighted by Crippen LogP contribution is -2.39. The summed E-state index contributed by atoms with van der Waals surface area (Å²) in [4.78, 5) is 28.2. The van der Waals surface area contributed by atoms with E-state index in [1.807, 2.05) is 18.2 Å². The number of methoxy groups -OCH3 is 1. The molecule has 2 aliphatic rings. The van der Waals surface area contributed by atoms with E-state index in [4.69, 9.17) is 4.74 Å². The second-order valence-electron chi connectivity index (χ2n) is 10.2. The number of hydrogen-bond donors (Lipinski definition) is 3. The topological polar surface area (TPSA) is 107 Å².